The highest BCUT2D eigenvalue weighted by Gasteiger charge is 2.28. The molecule has 0 aromatic heterocycles. The smallest absolute Gasteiger partial charge is 0.311 e. The first-order valence-electron chi connectivity index (χ1n) is 7.91. The Bertz CT molecular complexity index is 437. The third-order valence-corrected chi connectivity index (χ3v) is 3.78. The van der Waals surface area contributed by atoms with Gasteiger partial charge in [-0.25, -0.2) is 0 Å². The largest absolute Gasteiger partial charge is 0.460 e. The summed E-state index contributed by atoms with van der Waals surface area (Å²) in [6.45, 7) is 10.6. The molecule has 1 N–H and O–H groups in total. The maximum Gasteiger partial charge on any atom is 0.311 e. The predicted molar refractivity (Wildman–Crippen MR) is 88.3 cm³/mol. The van der Waals surface area contributed by atoms with Crippen molar-refractivity contribution >= 4 is 11.7 Å². The van der Waals surface area contributed by atoms with Crippen LogP contribution in [-0.2, 0) is 16.1 Å². The second kappa shape index (κ2) is 8.06. The maximum absolute atomic E-state index is 12.0. The molecule has 0 aliphatic carbocycles. The number of benzene rings is 1. The summed E-state index contributed by atoms with van der Waals surface area (Å²) in [7, 11) is 0. The molecule has 0 heterocycles. The first-order valence-corrected chi connectivity index (χ1v) is 7.91. The van der Waals surface area contributed by atoms with Gasteiger partial charge in [-0.15, -0.1) is 0 Å². The molecule has 0 aliphatic heterocycles. The van der Waals surface area contributed by atoms with E-state index in [1.54, 1.807) is 0 Å². The van der Waals surface area contributed by atoms with Crippen molar-refractivity contribution in [2.24, 2.45) is 5.41 Å². The van der Waals surface area contributed by atoms with Gasteiger partial charge in [0.1, 0.15) is 6.61 Å². The van der Waals surface area contributed by atoms with Crippen molar-refractivity contribution in [2.75, 3.05) is 5.32 Å². The SMILES string of the molecule is CCCC(C)(C)C(=O)OCc1ccc(NC(C)CC)cc1. The minimum Gasteiger partial charge on any atom is -0.460 e. The molecule has 1 rings (SSSR count). The molecule has 21 heavy (non-hydrogen) atoms. The molecule has 0 saturated heterocycles. The molecule has 1 aromatic carbocycles. The molecular weight excluding hydrogens is 262 g/mol. The van der Waals surface area contributed by atoms with E-state index in [2.05, 4.69) is 26.1 Å². The van der Waals surface area contributed by atoms with Crippen LogP contribution in [-0.4, -0.2) is 12.0 Å². The van der Waals surface area contributed by atoms with Crippen molar-refractivity contribution in [3.8, 4) is 0 Å². The first-order chi connectivity index (χ1) is 9.89. The van der Waals surface area contributed by atoms with Gasteiger partial charge in [-0.1, -0.05) is 32.4 Å². The van der Waals surface area contributed by atoms with E-state index in [1.165, 1.54) is 0 Å². The van der Waals surface area contributed by atoms with E-state index in [4.69, 9.17) is 4.74 Å². The van der Waals surface area contributed by atoms with Crippen LogP contribution in [0.25, 0.3) is 0 Å². The molecule has 0 spiro atoms. The zero-order valence-electron chi connectivity index (χ0n) is 14.0. The summed E-state index contributed by atoms with van der Waals surface area (Å²) in [6, 6.07) is 8.54. The van der Waals surface area contributed by atoms with E-state index in [9.17, 15) is 4.79 Å². The van der Waals surface area contributed by atoms with Crippen LogP contribution in [0.5, 0.6) is 0 Å². The van der Waals surface area contributed by atoms with E-state index in [0.29, 0.717) is 12.6 Å². The number of ether oxygens (including phenoxy) is 1. The maximum atomic E-state index is 12.0. The number of hydrogen-bond donors (Lipinski definition) is 1. The lowest BCUT2D eigenvalue weighted by Crippen LogP contribution is -2.26. The third kappa shape index (κ3) is 5.78. The van der Waals surface area contributed by atoms with Gasteiger partial charge in [0.15, 0.2) is 0 Å². The quantitative estimate of drug-likeness (QED) is 0.701. The van der Waals surface area contributed by atoms with Crippen molar-refractivity contribution in [1.29, 1.82) is 0 Å². The van der Waals surface area contributed by atoms with Crippen molar-refractivity contribution in [3.05, 3.63) is 29.8 Å². The van der Waals surface area contributed by atoms with Crippen molar-refractivity contribution in [1.82, 2.24) is 0 Å². The summed E-state index contributed by atoms with van der Waals surface area (Å²) in [5.41, 5.74) is 1.73. The van der Waals surface area contributed by atoms with Crippen LogP contribution in [0.4, 0.5) is 5.69 Å². The summed E-state index contributed by atoms with van der Waals surface area (Å²) in [4.78, 5) is 12.0. The average Bonchev–Trinajstić information content (AvgIpc) is 2.46. The average molecular weight is 291 g/mol. The van der Waals surface area contributed by atoms with Gasteiger partial charge in [0, 0.05) is 11.7 Å². The Balaban J connectivity index is 2.51. The fraction of sp³-hybridized carbons (Fsp3) is 0.611. The minimum absolute atomic E-state index is 0.119. The van der Waals surface area contributed by atoms with Crippen LogP contribution in [0, 0.1) is 5.41 Å². The summed E-state index contributed by atoms with van der Waals surface area (Å²) >= 11 is 0. The lowest BCUT2D eigenvalue weighted by atomic mass is 9.88. The molecule has 0 radical (unpaired) electrons. The van der Waals surface area contributed by atoms with Gasteiger partial charge in [0.2, 0.25) is 0 Å². The Kier molecular flexibility index (Phi) is 6.73. The second-order valence-corrected chi connectivity index (χ2v) is 6.36. The van der Waals surface area contributed by atoms with Gasteiger partial charge in [-0.3, -0.25) is 4.79 Å². The van der Waals surface area contributed by atoms with E-state index >= 15 is 0 Å². The van der Waals surface area contributed by atoms with Gasteiger partial charge in [0.05, 0.1) is 5.41 Å². The first kappa shape index (κ1) is 17.5. The van der Waals surface area contributed by atoms with Gasteiger partial charge in [-0.2, -0.15) is 0 Å². The van der Waals surface area contributed by atoms with Crippen LogP contribution in [0.15, 0.2) is 24.3 Å². The molecule has 1 atom stereocenters. The number of carbonyl (C=O) groups excluding carboxylic acids is 1. The Labute approximate surface area is 129 Å². The van der Waals surface area contributed by atoms with Crippen LogP contribution in [0.3, 0.4) is 0 Å². The number of hydrogen-bond acceptors (Lipinski definition) is 3. The van der Waals surface area contributed by atoms with Crippen LogP contribution in [0.2, 0.25) is 0 Å². The van der Waals surface area contributed by atoms with Crippen LogP contribution < -0.4 is 5.32 Å². The molecule has 0 amide bonds. The molecular formula is C18H29NO2. The zero-order chi connectivity index (χ0) is 15.9. The molecule has 1 unspecified atom stereocenters. The fourth-order valence-corrected chi connectivity index (χ4v) is 2.16. The molecule has 0 aliphatic rings. The highest BCUT2D eigenvalue weighted by molar-refractivity contribution is 5.75. The van der Waals surface area contributed by atoms with E-state index in [0.717, 1.165) is 30.5 Å². The van der Waals surface area contributed by atoms with E-state index < -0.39 is 5.41 Å². The fourth-order valence-electron chi connectivity index (χ4n) is 2.16. The molecule has 0 bridgehead atoms. The van der Waals surface area contributed by atoms with Gasteiger partial charge < -0.3 is 10.1 Å². The summed E-state index contributed by atoms with van der Waals surface area (Å²) < 4.78 is 5.43. The van der Waals surface area contributed by atoms with Crippen molar-refractivity contribution < 1.29 is 9.53 Å². The lowest BCUT2D eigenvalue weighted by Gasteiger charge is -2.21. The van der Waals surface area contributed by atoms with E-state index in [1.807, 2.05) is 38.1 Å². The number of anilines is 1. The Morgan fingerprint density at radius 3 is 2.38 bits per heavy atom. The zero-order valence-corrected chi connectivity index (χ0v) is 14.0. The van der Waals surface area contributed by atoms with Crippen LogP contribution in [0.1, 0.15) is 59.4 Å². The molecule has 0 saturated carbocycles. The summed E-state index contributed by atoms with van der Waals surface area (Å²) in [5.74, 6) is -0.119. The number of esters is 1. The normalized spacial score (nSPS) is 12.8. The lowest BCUT2D eigenvalue weighted by molar-refractivity contribution is -0.155. The highest BCUT2D eigenvalue weighted by atomic mass is 16.5. The van der Waals surface area contributed by atoms with Gasteiger partial charge in [0.25, 0.3) is 0 Å². The number of rotatable bonds is 8. The number of carbonyl (C=O) groups is 1. The Hall–Kier alpha value is -1.51. The van der Waals surface area contributed by atoms with Gasteiger partial charge >= 0.3 is 5.97 Å². The highest BCUT2D eigenvalue weighted by Crippen LogP contribution is 2.24. The Morgan fingerprint density at radius 2 is 1.86 bits per heavy atom. The summed E-state index contributed by atoms with van der Waals surface area (Å²) in [5, 5.41) is 3.42. The minimum atomic E-state index is -0.396. The molecule has 118 valence electrons. The predicted octanol–water partition coefficient (Wildman–Crippen LogP) is 4.77. The summed E-state index contributed by atoms with van der Waals surface area (Å²) in [6.07, 6.45) is 2.92. The molecule has 3 heteroatoms. The topological polar surface area (TPSA) is 38.3 Å². The monoisotopic (exact) mass is 291 g/mol. The van der Waals surface area contributed by atoms with Crippen molar-refractivity contribution in [2.45, 2.75) is 66.5 Å². The van der Waals surface area contributed by atoms with E-state index in [-0.39, 0.29) is 5.97 Å². The molecule has 0 fully saturated rings. The van der Waals surface area contributed by atoms with Crippen molar-refractivity contribution in [3.63, 3.8) is 0 Å². The van der Waals surface area contributed by atoms with Crippen LogP contribution >= 0.6 is 0 Å². The van der Waals surface area contributed by atoms with Gasteiger partial charge in [-0.05, 0) is 51.3 Å². The standard InChI is InChI=1S/C18H29NO2/c1-6-12-18(4,5)17(20)21-13-15-8-10-16(11-9-15)19-14(3)7-2/h8-11,14,19H,6-7,12-13H2,1-5H3. The second-order valence-electron chi connectivity index (χ2n) is 6.36. The molecule has 3 nitrogen and oxygen atoms in total. The third-order valence-electron chi connectivity index (χ3n) is 3.78. The molecule has 1 aromatic rings. The Morgan fingerprint density at radius 1 is 1.24 bits per heavy atom. The number of nitrogens with one attached hydrogen (secondary N) is 1.